The van der Waals surface area contributed by atoms with E-state index < -0.39 is 0 Å². The first-order valence-corrected chi connectivity index (χ1v) is 4.63. The first kappa shape index (κ1) is 10.3. The first-order valence-electron chi connectivity index (χ1n) is 4.25. The van der Waals surface area contributed by atoms with Crippen LogP contribution in [0.3, 0.4) is 0 Å². The number of ketones is 1. The second kappa shape index (κ2) is 3.93. The van der Waals surface area contributed by atoms with Crippen LogP contribution in [0.5, 0.6) is 0 Å². The van der Waals surface area contributed by atoms with Crippen molar-refractivity contribution in [1.82, 2.24) is 0 Å². The maximum Gasteiger partial charge on any atom is 0.134 e. The summed E-state index contributed by atoms with van der Waals surface area (Å²) >= 11 is 5.99. The van der Waals surface area contributed by atoms with Crippen LogP contribution < -0.4 is 0 Å². The van der Waals surface area contributed by atoms with Crippen LogP contribution in [0.4, 0.5) is 0 Å². The second-order valence-electron chi connectivity index (χ2n) is 3.41. The minimum atomic E-state index is 0.171. The zero-order chi connectivity index (χ0) is 10.0. The number of carbonyl (C=O) groups excluding carboxylic acids is 1. The summed E-state index contributed by atoms with van der Waals surface area (Å²) in [4.78, 5) is 10.9. The highest BCUT2D eigenvalue weighted by Crippen LogP contribution is 2.21. The fourth-order valence-corrected chi connectivity index (χ4v) is 1.63. The predicted octanol–water partition coefficient (Wildman–Crippen LogP) is 3.09. The number of Topliss-reactive ketones (excluding diaryl/α,β-unsaturated/α-hetero) is 1. The third kappa shape index (κ3) is 2.56. The molecule has 0 heterocycles. The molecule has 0 aliphatic heterocycles. The number of rotatable bonds is 2. The summed E-state index contributed by atoms with van der Waals surface area (Å²) in [6, 6.07) is 3.93. The van der Waals surface area contributed by atoms with Crippen LogP contribution in [0.2, 0.25) is 5.02 Å². The van der Waals surface area contributed by atoms with Crippen molar-refractivity contribution in [3.63, 3.8) is 0 Å². The Labute approximate surface area is 83.7 Å². The largest absolute Gasteiger partial charge is 0.300 e. The molecule has 0 aromatic heterocycles. The number of hydrogen-bond acceptors (Lipinski definition) is 1. The van der Waals surface area contributed by atoms with Gasteiger partial charge in [-0.1, -0.05) is 17.7 Å². The third-order valence-electron chi connectivity index (χ3n) is 2.04. The zero-order valence-corrected chi connectivity index (χ0v) is 8.90. The molecule has 70 valence electrons. The molecule has 0 aliphatic rings. The molecule has 0 N–H and O–H groups in total. The van der Waals surface area contributed by atoms with Crippen molar-refractivity contribution in [3.8, 4) is 0 Å². The molecule has 0 atom stereocenters. The molecular formula is C11H13ClO. The molecule has 0 unspecified atom stereocenters. The molecule has 1 nitrogen and oxygen atoms in total. The van der Waals surface area contributed by atoms with Crippen LogP contribution in [0, 0.1) is 13.8 Å². The summed E-state index contributed by atoms with van der Waals surface area (Å²) in [5.74, 6) is 0.171. The summed E-state index contributed by atoms with van der Waals surface area (Å²) in [5, 5.41) is 0.747. The zero-order valence-electron chi connectivity index (χ0n) is 8.15. The molecule has 0 spiro atoms. The van der Waals surface area contributed by atoms with E-state index in [1.165, 1.54) is 0 Å². The standard InChI is InChI=1S/C11H13ClO/c1-7-4-10(6-8(2)13)9(3)11(12)5-7/h4-5H,6H2,1-3H3. The molecule has 0 radical (unpaired) electrons. The lowest BCUT2D eigenvalue weighted by atomic mass is 10.0. The minimum Gasteiger partial charge on any atom is -0.300 e. The van der Waals surface area contributed by atoms with Crippen molar-refractivity contribution in [1.29, 1.82) is 0 Å². The number of benzene rings is 1. The summed E-state index contributed by atoms with van der Waals surface area (Å²) in [6.07, 6.45) is 0.479. The number of aryl methyl sites for hydroxylation is 1. The Kier molecular flexibility index (Phi) is 3.10. The Hall–Kier alpha value is -0.820. The van der Waals surface area contributed by atoms with Gasteiger partial charge in [-0.25, -0.2) is 0 Å². The SMILES string of the molecule is CC(=O)Cc1cc(C)cc(Cl)c1C. The van der Waals surface area contributed by atoms with Crippen molar-refractivity contribution in [3.05, 3.63) is 33.8 Å². The Morgan fingerprint density at radius 3 is 2.54 bits per heavy atom. The Bertz CT molecular complexity index is 342. The van der Waals surface area contributed by atoms with Gasteiger partial charge in [0.25, 0.3) is 0 Å². The maximum atomic E-state index is 10.9. The van der Waals surface area contributed by atoms with Gasteiger partial charge < -0.3 is 0 Å². The van der Waals surface area contributed by atoms with Gasteiger partial charge in [0.05, 0.1) is 0 Å². The van der Waals surface area contributed by atoms with Crippen molar-refractivity contribution < 1.29 is 4.79 Å². The van der Waals surface area contributed by atoms with Crippen molar-refractivity contribution in [2.45, 2.75) is 27.2 Å². The fraction of sp³-hybridized carbons (Fsp3) is 0.364. The van der Waals surface area contributed by atoms with Gasteiger partial charge in [-0.05, 0) is 43.5 Å². The molecule has 0 aliphatic carbocycles. The van der Waals surface area contributed by atoms with Crippen LogP contribution in [0.1, 0.15) is 23.6 Å². The maximum absolute atomic E-state index is 10.9. The molecule has 0 amide bonds. The number of halogens is 1. The molecule has 1 rings (SSSR count). The Morgan fingerprint density at radius 1 is 1.38 bits per heavy atom. The Balaban J connectivity index is 3.12. The molecule has 1 aromatic carbocycles. The third-order valence-corrected chi connectivity index (χ3v) is 2.43. The summed E-state index contributed by atoms with van der Waals surface area (Å²) in [6.45, 7) is 5.52. The second-order valence-corrected chi connectivity index (χ2v) is 3.82. The van der Waals surface area contributed by atoms with Crippen LogP contribution in [0.15, 0.2) is 12.1 Å². The van der Waals surface area contributed by atoms with Gasteiger partial charge >= 0.3 is 0 Å². The number of hydrogen-bond donors (Lipinski definition) is 0. The van der Waals surface area contributed by atoms with Crippen LogP contribution in [-0.4, -0.2) is 5.78 Å². The van der Waals surface area contributed by atoms with Crippen LogP contribution in [-0.2, 0) is 11.2 Å². The van der Waals surface area contributed by atoms with Crippen molar-refractivity contribution >= 4 is 17.4 Å². The van der Waals surface area contributed by atoms with Gasteiger partial charge in [0, 0.05) is 11.4 Å². The van der Waals surface area contributed by atoms with Crippen LogP contribution >= 0.6 is 11.6 Å². The summed E-state index contributed by atoms with van der Waals surface area (Å²) in [7, 11) is 0. The highest BCUT2D eigenvalue weighted by molar-refractivity contribution is 6.31. The smallest absolute Gasteiger partial charge is 0.134 e. The monoisotopic (exact) mass is 196 g/mol. The predicted molar refractivity (Wildman–Crippen MR) is 55.3 cm³/mol. The molecule has 2 heteroatoms. The van der Waals surface area contributed by atoms with E-state index >= 15 is 0 Å². The normalized spacial score (nSPS) is 10.2. The van der Waals surface area contributed by atoms with E-state index in [-0.39, 0.29) is 5.78 Å². The molecular weight excluding hydrogens is 184 g/mol. The van der Waals surface area contributed by atoms with E-state index in [9.17, 15) is 4.79 Å². The van der Waals surface area contributed by atoms with Gasteiger partial charge in [0.1, 0.15) is 5.78 Å². The molecule has 0 saturated heterocycles. The molecule has 1 aromatic rings. The fourth-order valence-electron chi connectivity index (χ4n) is 1.34. The van der Waals surface area contributed by atoms with E-state index in [2.05, 4.69) is 0 Å². The van der Waals surface area contributed by atoms with Gasteiger partial charge in [-0.3, -0.25) is 4.79 Å². The highest BCUT2D eigenvalue weighted by atomic mass is 35.5. The lowest BCUT2D eigenvalue weighted by Crippen LogP contribution is -1.99. The van der Waals surface area contributed by atoms with Gasteiger partial charge in [0.2, 0.25) is 0 Å². The van der Waals surface area contributed by atoms with E-state index in [1.807, 2.05) is 26.0 Å². The lowest BCUT2D eigenvalue weighted by molar-refractivity contribution is -0.116. The quantitative estimate of drug-likeness (QED) is 0.711. The average Bonchev–Trinajstić information content (AvgIpc) is 1.98. The molecule has 13 heavy (non-hydrogen) atoms. The Morgan fingerprint density at radius 2 is 2.00 bits per heavy atom. The van der Waals surface area contributed by atoms with Gasteiger partial charge in [0.15, 0.2) is 0 Å². The van der Waals surface area contributed by atoms with Crippen LogP contribution in [0.25, 0.3) is 0 Å². The van der Waals surface area contributed by atoms with Gasteiger partial charge in [-0.15, -0.1) is 0 Å². The van der Waals surface area contributed by atoms with E-state index in [4.69, 9.17) is 11.6 Å². The molecule has 0 saturated carbocycles. The van der Waals surface area contributed by atoms with Crippen molar-refractivity contribution in [2.24, 2.45) is 0 Å². The van der Waals surface area contributed by atoms with Gasteiger partial charge in [-0.2, -0.15) is 0 Å². The van der Waals surface area contributed by atoms with E-state index in [0.717, 1.165) is 21.7 Å². The molecule has 0 bridgehead atoms. The topological polar surface area (TPSA) is 17.1 Å². The summed E-state index contributed by atoms with van der Waals surface area (Å²) < 4.78 is 0. The van der Waals surface area contributed by atoms with E-state index in [0.29, 0.717) is 6.42 Å². The van der Waals surface area contributed by atoms with Crippen molar-refractivity contribution in [2.75, 3.05) is 0 Å². The number of carbonyl (C=O) groups is 1. The lowest BCUT2D eigenvalue weighted by Gasteiger charge is -2.07. The van der Waals surface area contributed by atoms with E-state index in [1.54, 1.807) is 6.92 Å². The summed E-state index contributed by atoms with van der Waals surface area (Å²) in [5.41, 5.74) is 3.16. The highest BCUT2D eigenvalue weighted by Gasteiger charge is 2.05. The first-order chi connectivity index (χ1) is 6.00. The minimum absolute atomic E-state index is 0.171. The average molecular weight is 197 g/mol. The molecule has 0 fully saturated rings.